The molecule has 2 rings (SSSR count). The second kappa shape index (κ2) is 5.71. The Balaban J connectivity index is 2.17. The highest BCUT2D eigenvalue weighted by molar-refractivity contribution is 6.34. The molecule has 0 bridgehead atoms. The van der Waals surface area contributed by atoms with Gasteiger partial charge in [-0.1, -0.05) is 17.7 Å². The van der Waals surface area contributed by atoms with Crippen LogP contribution in [0.3, 0.4) is 0 Å². The number of carboxylic acids is 1. The molecule has 0 saturated heterocycles. The summed E-state index contributed by atoms with van der Waals surface area (Å²) in [6.45, 7) is 1.89. The van der Waals surface area contributed by atoms with E-state index in [-0.39, 0.29) is 11.3 Å². The van der Waals surface area contributed by atoms with Gasteiger partial charge in [-0.25, -0.2) is 4.79 Å². The first-order valence-corrected chi connectivity index (χ1v) is 6.12. The highest BCUT2D eigenvalue weighted by Crippen LogP contribution is 2.23. The van der Waals surface area contributed by atoms with Gasteiger partial charge in [0.15, 0.2) is 0 Å². The number of hydrogen-bond acceptors (Lipinski definition) is 3. The van der Waals surface area contributed by atoms with Crippen molar-refractivity contribution >= 4 is 29.2 Å². The Morgan fingerprint density at radius 1 is 1.25 bits per heavy atom. The van der Waals surface area contributed by atoms with E-state index in [9.17, 15) is 9.59 Å². The van der Waals surface area contributed by atoms with Gasteiger partial charge >= 0.3 is 5.97 Å². The van der Waals surface area contributed by atoms with E-state index in [1.165, 1.54) is 12.1 Å². The molecule has 1 aromatic carbocycles. The molecule has 2 N–H and O–H groups in total. The molecular formula is C14H11ClN2O3. The molecule has 0 spiro atoms. The minimum absolute atomic E-state index is 0.0231. The van der Waals surface area contributed by atoms with E-state index in [1.807, 2.05) is 13.0 Å². The van der Waals surface area contributed by atoms with Crippen LogP contribution in [0.2, 0.25) is 5.02 Å². The standard InChI is InChI=1S/C14H11ClN2O3/c1-8-2-4-11(10(15)6-8)17-13(18)12-5-3-9(7-16-12)14(19)20/h2-7H,1H3,(H,17,18)(H,19,20). The third kappa shape index (κ3) is 3.13. The lowest BCUT2D eigenvalue weighted by molar-refractivity contribution is 0.0696. The first-order valence-electron chi connectivity index (χ1n) is 5.74. The van der Waals surface area contributed by atoms with Crippen LogP contribution in [0, 0.1) is 6.92 Å². The van der Waals surface area contributed by atoms with Gasteiger partial charge in [-0.05, 0) is 36.8 Å². The number of nitrogens with one attached hydrogen (secondary N) is 1. The van der Waals surface area contributed by atoms with Crippen LogP contribution in [-0.2, 0) is 0 Å². The van der Waals surface area contributed by atoms with E-state index in [0.717, 1.165) is 11.8 Å². The summed E-state index contributed by atoms with van der Waals surface area (Å²) in [6, 6.07) is 7.92. The zero-order valence-electron chi connectivity index (χ0n) is 10.6. The molecule has 1 heterocycles. The molecular weight excluding hydrogens is 280 g/mol. The fourth-order valence-corrected chi connectivity index (χ4v) is 1.84. The van der Waals surface area contributed by atoms with Crippen LogP contribution in [-0.4, -0.2) is 22.0 Å². The van der Waals surface area contributed by atoms with Gasteiger partial charge in [-0.15, -0.1) is 0 Å². The molecule has 0 radical (unpaired) electrons. The molecule has 6 heteroatoms. The van der Waals surface area contributed by atoms with Crippen molar-refractivity contribution < 1.29 is 14.7 Å². The molecule has 102 valence electrons. The van der Waals surface area contributed by atoms with Gasteiger partial charge in [0, 0.05) is 6.20 Å². The molecule has 5 nitrogen and oxygen atoms in total. The highest BCUT2D eigenvalue weighted by Gasteiger charge is 2.11. The quantitative estimate of drug-likeness (QED) is 0.911. The summed E-state index contributed by atoms with van der Waals surface area (Å²) in [5, 5.41) is 11.8. The molecule has 20 heavy (non-hydrogen) atoms. The predicted molar refractivity (Wildman–Crippen MR) is 75.3 cm³/mol. The number of hydrogen-bond donors (Lipinski definition) is 2. The number of carbonyl (C=O) groups excluding carboxylic acids is 1. The number of carboxylic acid groups (broad SMARTS) is 1. The first-order chi connectivity index (χ1) is 9.47. The van der Waals surface area contributed by atoms with Crippen molar-refractivity contribution in [1.82, 2.24) is 4.98 Å². The molecule has 0 aliphatic rings. The maximum atomic E-state index is 12.0. The van der Waals surface area contributed by atoms with E-state index in [1.54, 1.807) is 12.1 Å². The Hall–Kier alpha value is -2.40. The predicted octanol–water partition coefficient (Wildman–Crippen LogP) is 2.99. The minimum Gasteiger partial charge on any atom is -0.478 e. The normalized spacial score (nSPS) is 10.1. The monoisotopic (exact) mass is 290 g/mol. The third-order valence-corrected chi connectivity index (χ3v) is 2.93. The van der Waals surface area contributed by atoms with Gasteiger partial charge in [0.2, 0.25) is 0 Å². The van der Waals surface area contributed by atoms with E-state index in [4.69, 9.17) is 16.7 Å². The van der Waals surface area contributed by atoms with Gasteiger partial charge < -0.3 is 10.4 Å². The lowest BCUT2D eigenvalue weighted by atomic mass is 10.2. The zero-order valence-corrected chi connectivity index (χ0v) is 11.3. The van der Waals surface area contributed by atoms with E-state index < -0.39 is 11.9 Å². The Morgan fingerprint density at radius 2 is 2.00 bits per heavy atom. The average Bonchev–Trinajstić information content (AvgIpc) is 2.42. The van der Waals surface area contributed by atoms with Gasteiger partial charge in [0.05, 0.1) is 16.3 Å². The van der Waals surface area contributed by atoms with E-state index in [2.05, 4.69) is 10.3 Å². The number of anilines is 1. The molecule has 0 atom stereocenters. The summed E-state index contributed by atoms with van der Waals surface area (Å²) >= 11 is 6.02. The molecule has 0 aliphatic carbocycles. The van der Waals surface area contributed by atoms with Crippen molar-refractivity contribution in [1.29, 1.82) is 0 Å². The van der Waals surface area contributed by atoms with Gasteiger partial charge in [0.25, 0.3) is 5.91 Å². The first kappa shape index (κ1) is 14.0. The fourth-order valence-electron chi connectivity index (χ4n) is 1.56. The van der Waals surface area contributed by atoms with Crippen LogP contribution >= 0.6 is 11.6 Å². The number of rotatable bonds is 3. The number of nitrogens with zero attached hydrogens (tertiary/aromatic N) is 1. The summed E-state index contributed by atoms with van der Waals surface area (Å²) in [5.41, 5.74) is 1.60. The molecule has 2 aromatic rings. The number of amides is 1. The summed E-state index contributed by atoms with van der Waals surface area (Å²) in [6.07, 6.45) is 1.13. The molecule has 1 amide bonds. The van der Waals surface area contributed by atoms with Crippen molar-refractivity contribution in [2.24, 2.45) is 0 Å². The smallest absolute Gasteiger partial charge is 0.337 e. The maximum Gasteiger partial charge on any atom is 0.337 e. The van der Waals surface area contributed by atoms with Crippen LogP contribution in [0.4, 0.5) is 5.69 Å². The number of aromatic carboxylic acids is 1. The van der Waals surface area contributed by atoms with Crippen molar-refractivity contribution in [3.8, 4) is 0 Å². The SMILES string of the molecule is Cc1ccc(NC(=O)c2ccc(C(=O)O)cn2)c(Cl)c1. The van der Waals surface area contributed by atoms with Crippen LogP contribution in [0.1, 0.15) is 26.4 Å². The van der Waals surface area contributed by atoms with Gasteiger partial charge in [-0.3, -0.25) is 9.78 Å². The second-order valence-corrected chi connectivity index (χ2v) is 4.58. The number of aryl methyl sites for hydroxylation is 1. The number of halogens is 1. The summed E-state index contributed by atoms with van der Waals surface area (Å²) < 4.78 is 0. The van der Waals surface area contributed by atoms with E-state index >= 15 is 0 Å². The van der Waals surface area contributed by atoms with Crippen LogP contribution < -0.4 is 5.32 Å². The Bertz CT molecular complexity index is 669. The molecule has 1 aromatic heterocycles. The lowest BCUT2D eigenvalue weighted by Gasteiger charge is -2.07. The Labute approximate surface area is 120 Å². The van der Waals surface area contributed by atoms with Gasteiger partial charge in [-0.2, -0.15) is 0 Å². The van der Waals surface area contributed by atoms with Crippen molar-refractivity contribution in [2.45, 2.75) is 6.92 Å². The summed E-state index contributed by atoms with van der Waals surface area (Å²) in [5.74, 6) is -1.54. The largest absolute Gasteiger partial charge is 0.478 e. The van der Waals surface area contributed by atoms with Crippen LogP contribution in [0.15, 0.2) is 36.5 Å². The minimum atomic E-state index is -1.09. The molecule has 0 fully saturated rings. The molecule has 0 unspecified atom stereocenters. The fraction of sp³-hybridized carbons (Fsp3) is 0.0714. The molecule has 0 aliphatic heterocycles. The Morgan fingerprint density at radius 3 is 2.55 bits per heavy atom. The number of pyridine rings is 1. The van der Waals surface area contributed by atoms with Crippen molar-refractivity contribution in [2.75, 3.05) is 5.32 Å². The summed E-state index contributed by atoms with van der Waals surface area (Å²) in [7, 11) is 0. The maximum absolute atomic E-state index is 12.0. The third-order valence-electron chi connectivity index (χ3n) is 2.62. The Kier molecular flexibility index (Phi) is 4.00. The second-order valence-electron chi connectivity index (χ2n) is 4.17. The van der Waals surface area contributed by atoms with E-state index in [0.29, 0.717) is 10.7 Å². The number of aromatic nitrogens is 1. The zero-order chi connectivity index (χ0) is 14.7. The number of benzene rings is 1. The van der Waals surface area contributed by atoms with Crippen molar-refractivity contribution in [3.05, 3.63) is 58.4 Å². The van der Waals surface area contributed by atoms with Gasteiger partial charge in [0.1, 0.15) is 5.69 Å². The van der Waals surface area contributed by atoms with Crippen molar-refractivity contribution in [3.63, 3.8) is 0 Å². The molecule has 0 saturated carbocycles. The van der Waals surface area contributed by atoms with Crippen LogP contribution in [0.25, 0.3) is 0 Å². The average molecular weight is 291 g/mol. The van der Waals surface area contributed by atoms with Crippen LogP contribution in [0.5, 0.6) is 0 Å². The lowest BCUT2D eigenvalue weighted by Crippen LogP contribution is -2.14. The summed E-state index contributed by atoms with van der Waals surface area (Å²) in [4.78, 5) is 26.5. The topological polar surface area (TPSA) is 79.3 Å². The highest BCUT2D eigenvalue weighted by atomic mass is 35.5. The number of carbonyl (C=O) groups is 2.